The van der Waals surface area contributed by atoms with Gasteiger partial charge in [-0.05, 0) is 111 Å². The first-order valence-electron chi connectivity index (χ1n) is 17.3. The highest BCUT2D eigenvalue weighted by Crippen LogP contribution is 2.39. The van der Waals surface area contributed by atoms with Crippen LogP contribution in [0.2, 0.25) is 0 Å². The van der Waals surface area contributed by atoms with Crippen LogP contribution in [0.25, 0.3) is 28.0 Å². The Morgan fingerprint density at radius 3 is 2.39 bits per heavy atom. The second kappa shape index (κ2) is 14.8. The molecule has 3 N–H and O–H groups in total. The van der Waals surface area contributed by atoms with Gasteiger partial charge >= 0.3 is 6.01 Å². The molecular weight excluding hydrogens is 635 g/mol. The zero-order valence-electron chi connectivity index (χ0n) is 29.3. The zero-order chi connectivity index (χ0) is 34.7. The molecule has 49 heavy (non-hydrogen) atoms. The average molecular weight is 684 g/mol. The lowest BCUT2D eigenvalue weighted by Gasteiger charge is -2.34. The lowest BCUT2D eigenvalue weighted by Crippen LogP contribution is -2.36. The molecule has 0 aliphatic carbocycles. The molecular formula is C39H49N5O4S. The highest BCUT2D eigenvalue weighted by Gasteiger charge is 2.24. The Morgan fingerprint density at radius 1 is 0.918 bits per heavy atom. The molecule has 0 unspecified atom stereocenters. The summed E-state index contributed by atoms with van der Waals surface area (Å²) in [7, 11) is 1.71. The van der Waals surface area contributed by atoms with Crippen LogP contribution in [0.3, 0.4) is 0 Å². The van der Waals surface area contributed by atoms with E-state index in [1.54, 1.807) is 13.2 Å². The Kier molecular flexibility index (Phi) is 10.5. The Balaban J connectivity index is 1.03. The number of likely N-dealkylation sites (tertiary alicyclic amines) is 1. The summed E-state index contributed by atoms with van der Waals surface area (Å²) >= 11 is 2.04. The molecule has 1 aliphatic heterocycles. The van der Waals surface area contributed by atoms with Gasteiger partial charge in [-0.3, -0.25) is 0 Å². The van der Waals surface area contributed by atoms with Crippen LogP contribution in [0.15, 0.2) is 66.9 Å². The fourth-order valence-electron chi connectivity index (χ4n) is 6.77. The van der Waals surface area contributed by atoms with E-state index in [1.807, 2.05) is 49.9 Å². The highest BCUT2D eigenvalue weighted by atomic mass is 32.2. The number of aryl methyl sites for hydroxylation is 1. The SMILES string of the molecule is COc1ccc(CSC(C)(C)CCN2CCC(CCn3ccc4cc(-n5c(O)nnc5-c5cc(C(C)C)c(O)cc5O)ccc43)CC2)cc1. The van der Waals surface area contributed by atoms with Crippen molar-refractivity contribution in [1.82, 2.24) is 24.2 Å². The number of aromatic nitrogens is 4. The summed E-state index contributed by atoms with van der Waals surface area (Å²) in [6.45, 7) is 13.1. The van der Waals surface area contributed by atoms with Gasteiger partial charge in [0.1, 0.15) is 17.2 Å². The van der Waals surface area contributed by atoms with E-state index < -0.39 is 0 Å². The van der Waals surface area contributed by atoms with Gasteiger partial charge in [0, 0.05) is 40.2 Å². The second-order valence-corrected chi connectivity index (χ2v) is 15.9. The van der Waals surface area contributed by atoms with E-state index in [0.29, 0.717) is 22.6 Å². The van der Waals surface area contributed by atoms with Crippen molar-refractivity contribution in [3.63, 3.8) is 0 Å². The first-order valence-corrected chi connectivity index (χ1v) is 18.3. The van der Waals surface area contributed by atoms with Gasteiger partial charge in [0.05, 0.1) is 18.4 Å². The molecule has 10 heteroatoms. The second-order valence-electron chi connectivity index (χ2n) is 14.2. The quantitative estimate of drug-likeness (QED) is 0.114. The van der Waals surface area contributed by atoms with E-state index in [-0.39, 0.29) is 28.2 Å². The zero-order valence-corrected chi connectivity index (χ0v) is 30.1. The maximum atomic E-state index is 10.7. The number of ether oxygens (including phenoxy) is 1. The summed E-state index contributed by atoms with van der Waals surface area (Å²) < 4.78 is 9.37. The number of piperidine rings is 1. The summed E-state index contributed by atoms with van der Waals surface area (Å²) in [5.41, 5.74) is 4.24. The molecule has 3 heterocycles. The lowest BCUT2D eigenvalue weighted by atomic mass is 9.93. The maximum Gasteiger partial charge on any atom is 0.319 e. The van der Waals surface area contributed by atoms with Crippen LogP contribution in [0.5, 0.6) is 23.3 Å². The van der Waals surface area contributed by atoms with Gasteiger partial charge in [0.2, 0.25) is 0 Å². The average Bonchev–Trinajstić information content (AvgIpc) is 3.68. The first-order chi connectivity index (χ1) is 23.5. The number of thioether (sulfide) groups is 1. The lowest BCUT2D eigenvalue weighted by molar-refractivity contribution is 0.171. The molecule has 5 aromatic rings. The molecule has 0 radical (unpaired) electrons. The largest absolute Gasteiger partial charge is 0.508 e. The molecule has 1 aliphatic rings. The summed E-state index contributed by atoms with van der Waals surface area (Å²) in [6.07, 6.45) is 6.95. The molecule has 0 bridgehead atoms. The van der Waals surface area contributed by atoms with Crippen LogP contribution < -0.4 is 4.74 Å². The molecule has 2 aromatic heterocycles. The van der Waals surface area contributed by atoms with Crippen molar-refractivity contribution in [2.75, 3.05) is 26.7 Å². The molecule has 1 fully saturated rings. The fraction of sp³-hybridized carbons (Fsp3) is 0.436. The molecule has 0 spiro atoms. The van der Waals surface area contributed by atoms with Crippen molar-refractivity contribution in [1.29, 1.82) is 0 Å². The normalized spacial score (nSPS) is 14.7. The standard InChI is InChI=1S/C39H49N5O4S/c1-26(2)32-23-33(36(46)24-35(32)45)37-40-41-38(47)44(37)30-8-11-34-29(22-30)15-20-43(34)19-14-27-12-17-42(18-13-27)21-16-39(3,4)49-25-28-6-9-31(48-5)10-7-28/h6-11,15,20,22-24,26-27,45-46H,12-14,16-19,21,25H2,1-5H3,(H,41,47). The minimum atomic E-state index is -0.269. The van der Waals surface area contributed by atoms with Gasteiger partial charge in [-0.2, -0.15) is 11.8 Å². The van der Waals surface area contributed by atoms with Crippen molar-refractivity contribution in [3.8, 4) is 40.3 Å². The Labute approximate surface area is 293 Å². The third kappa shape index (κ3) is 8.02. The van der Waals surface area contributed by atoms with Crippen molar-refractivity contribution in [3.05, 3.63) is 78.0 Å². The number of methoxy groups -OCH3 is 1. The van der Waals surface area contributed by atoms with Gasteiger partial charge in [-0.25, -0.2) is 4.57 Å². The van der Waals surface area contributed by atoms with Crippen LogP contribution in [0.1, 0.15) is 70.4 Å². The maximum absolute atomic E-state index is 10.7. The van der Waals surface area contributed by atoms with Crippen LogP contribution >= 0.6 is 11.8 Å². The monoisotopic (exact) mass is 683 g/mol. The van der Waals surface area contributed by atoms with Crippen LogP contribution in [0, 0.1) is 5.92 Å². The number of nitrogens with zero attached hydrogens (tertiary/aromatic N) is 5. The molecule has 6 rings (SSSR count). The van der Waals surface area contributed by atoms with E-state index in [9.17, 15) is 15.3 Å². The van der Waals surface area contributed by atoms with E-state index in [0.717, 1.165) is 47.8 Å². The number of aromatic hydroxyl groups is 3. The number of phenolic OH excluding ortho intramolecular Hbond substituents is 2. The first kappa shape index (κ1) is 34.7. The number of fused-ring (bicyclic) bond motifs is 1. The number of hydrogen-bond donors (Lipinski definition) is 3. The molecule has 260 valence electrons. The van der Waals surface area contributed by atoms with Crippen LogP contribution in [0.4, 0.5) is 0 Å². The molecule has 3 aromatic carbocycles. The van der Waals surface area contributed by atoms with E-state index >= 15 is 0 Å². The minimum Gasteiger partial charge on any atom is -0.508 e. The third-order valence-corrected chi connectivity index (χ3v) is 11.4. The number of benzene rings is 3. The van der Waals surface area contributed by atoms with Crippen LogP contribution in [-0.2, 0) is 12.3 Å². The molecule has 0 saturated carbocycles. The van der Waals surface area contributed by atoms with Crippen molar-refractivity contribution >= 4 is 22.7 Å². The minimum absolute atomic E-state index is 0.0237. The van der Waals surface area contributed by atoms with Crippen LogP contribution in [-0.4, -0.2) is 71.0 Å². The summed E-state index contributed by atoms with van der Waals surface area (Å²) in [6, 6.07) is 19.3. The highest BCUT2D eigenvalue weighted by molar-refractivity contribution is 7.99. The smallest absolute Gasteiger partial charge is 0.319 e. The fourth-order valence-corrected chi connectivity index (χ4v) is 7.75. The summed E-state index contributed by atoms with van der Waals surface area (Å²) in [5, 5.41) is 40.8. The van der Waals surface area contributed by atoms with Gasteiger partial charge in [-0.1, -0.05) is 44.9 Å². The van der Waals surface area contributed by atoms with E-state index in [2.05, 4.69) is 64.0 Å². The number of phenols is 2. The predicted molar refractivity (Wildman–Crippen MR) is 198 cm³/mol. The van der Waals surface area contributed by atoms with Gasteiger partial charge in [0.15, 0.2) is 5.82 Å². The Bertz CT molecular complexity index is 1870. The van der Waals surface area contributed by atoms with Crippen molar-refractivity contribution < 1.29 is 20.1 Å². The topological polar surface area (TPSA) is 109 Å². The van der Waals surface area contributed by atoms with Gasteiger partial charge < -0.3 is 29.5 Å². The molecule has 1 saturated heterocycles. The van der Waals surface area contributed by atoms with Gasteiger partial charge in [0.25, 0.3) is 0 Å². The van der Waals surface area contributed by atoms with Crippen molar-refractivity contribution in [2.45, 2.75) is 76.3 Å². The van der Waals surface area contributed by atoms with E-state index in [4.69, 9.17) is 4.74 Å². The summed E-state index contributed by atoms with van der Waals surface area (Å²) in [4.78, 5) is 2.65. The number of rotatable bonds is 13. The molecule has 0 atom stereocenters. The van der Waals surface area contributed by atoms with Crippen molar-refractivity contribution in [2.24, 2.45) is 5.92 Å². The summed E-state index contributed by atoms with van der Waals surface area (Å²) in [5.74, 6) is 2.87. The van der Waals surface area contributed by atoms with Gasteiger partial charge in [-0.15, -0.1) is 5.10 Å². The Morgan fingerprint density at radius 2 is 1.67 bits per heavy atom. The molecule has 0 amide bonds. The molecule has 9 nitrogen and oxygen atoms in total. The van der Waals surface area contributed by atoms with E-state index in [1.165, 1.54) is 48.5 Å². The third-order valence-electron chi connectivity index (χ3n) is 9.97. The Hall–Kier alpha value is -4.15. The predicted octanol–water partition coefficient (Wildman–Crippen LogP) is 8.34. The number of hydrogen-bond acceptors (Lipinski definition) is 8.